The van der Waals surface area contributed by atoms with E-state index in [4.69, 9.17) is 4.74 Å². The van der Waals surface area contributed by atoms with Crippen molar-refractivity contribution in [1.29, 1.82) is 0 Å². The Morgan fingerprint density at radius 1 is 1.30 bits per heavy atom. The van der Waals surface area contributed by atoms with Crippen LogP contribution in [0.4, 0.5) is 0 Å². The van der Waals surface area contributed by atoms with Crippen molar-refractivity contribution in [2.75, 3.05) is 33.8 Å². The zero-order valence-electron chi connectivity index (χ0n) is 14.1. The fraction of sp³-hybridized carbons (Fsp3) is 1.00. The van der Waals surface area contributed by atoms with Crippen molar-refractivity contribution in [3.63, 3.8) is 0 Å². The number of rotatable bonds is 4. The van der Waals surface area contributed by atoms with Crippen molar-refractivity contribution in [3.05, 3.63) is 0 Å². The van der Waals surface area contributed by atoms with Crippen LogP contribution in [0.3, 0.4) is 0 Å². The summed E-state index contributed by atoms with van der Waals surface area (Å²) in [5.41, 5.74) is 0.432. The van der Waals surface area contributed by atoms with Crippen LogP contribution < -0.4 is 5.32 Å². The third kappa shape index (κ3) is 3.55. The van der Waals surface area contributed by atoms with Crippen LogP contribution in [0.5, 0.6) is 0 Å². The highest BCUT2D eigenvalue weighted by Gasteiger charge is 2.39. The van der Waals surface area contributed by atoms with Gasteiger partial charge in [-0.05, 0) is 50.1 Å². The molecule has 2 aliphatic rings. The summed E-state index contributed by atoms with van der Waals surface area (Å²) in [6.07, 6.45) is 5.81. The first kappa shape index (κ1) is 16.3. The molecule has 1 saturated carbocycles. The summed E-state index contributed by atoms with van der Waals surface area (Å²) >= 11 is 0. The van der Waals surface area contributed by atoms with Crippen molar-refractivity contribution >= 4 is 0 Å². The van der Waals surface area contributed by atoms with Gasteiger partial charge in [0.1, 0.15) is 0 Å². The van der Waals surface area contributed by atoms with Gasteiger partial charge in [-0.25, -0.2) is 0 Å². The van der Waals surface area contributed by atoms with Gasteiger partial charge in [0.2, 0.25) is 0 Å². The third-order valence-electron chi connectivity index (χ3n) is 5.79. The number of methoxy groups -OCH3 is 1. The van der Waals surface area contributed by atoms with Gasteiger partial charge in [-0.15, -0.1) is 0 Å². The molecular weight excluding hydrogens is 248 g/mol. The van der Waals surface area contributed by atoms with Crippen LogP contribution in [0, 0.1) is 17.3 Å². The van der Waals surface area contributed by atoms with Crippen molar-refractivity contribution in [2.45, 2.75) is 58.6 Å². The lowest BCUT2D eigenvalue weighted by Crippen LogP contribution is -2.53. The van der Waals surface area contributed by atoms with Crippen molar-refractivity contribution in [1.82, 2.24) is 10.2 Å². The van der Waals surface area contributed by atoms with Crippen LogP contribution in [0.15, 0.2) is 0 Å². The van der Waals surface area contributed by atoms with E-state index in [-0.39, 0.29) is 0 Å². The zero-order chi connectivity index (χ0) is 14.8. The monoisotopic (exact) mass is 282 g/mol. The van der Waals surface area contributed by atoms with E-state index in [1.807, 2.05) is 7.11 Å². The topological polar surface area (TPSA) is 24.5 Å². The van der Waals surface area contributed by atoms with E-state index in [0.717, 1.165) is 12.5 Å². The maximum Gasteiger partial charge on any atom is 0.0724 e. The first-order valence-electron chi connectivity index (χ1n) is 8.40. The van der Waals surface area contributed by atoms with Gasteiger partial charge in [-0.1, -0.05) is 27.2 Å². The smallest absolute Gasteiger partial charge is 0.0724 e. The summed E-state index contributed by atoms with van der Waals surface area (Å²) < 4.78 is 5.66. The van der Waals surface area contributed by atoms with Crippen molar-refractivity contribution < 1.29 is 4.74 Å². The molecule has 1 N–H and O–H groups in total. The van der Waals surface area contributed by atoms with Crippen LogP contribution in [0.25, 0.3) is 0 Å². The van der Waals surface area contributed by atoms with E-state index in [9.17, 15) is 0 Å². The molecule has 20 heavy (non-hydrogen) atoms. The molecule has 3 heteroatoms. The van der Waals surface area contributed by atoms with Crippen LogP contribution in [0.2, 0.25) is 0 Å². The second kappa shape index (κ2) is 6.76. The van der Waals surface area contributed by atoms with Crippen LogP contribution in [0.1, 0.15) is 46.5 Å². The van der Waals surface area contributed by atoms with Gasteiger partial charge in [-0.2, -0.15) is 0 Å². The second-order valence-corrected chi connectivity index (χ2v) is 7.71. The summed E-state index contributed by atoms with van der Waals surface area (Å²) in [5, 5.41) is 3.61. The molecule has 2 rings (SSSR count). The Labute approximate surface area is 125 Å². The molecule has 3 nitrogen and oxygen atoms in total. The van der Waals surface area contributed by atoms with E-state index in [0.29, 0.717) is 23.5 Å². The third-order valence-corrected chi connectivity index (χ3v) is 5.79. The lowest BCUT2D eigenvalue weighted by atomic mass is 9.67. The number of hydrogen-bond acceptors (Lipinski definition) is 3. The molecule has 2 fully saturated rings. The van der Waals surface area contributed by atoms with E-state index in [1.165, 1.54) is 38.8 Å². The van der Waals surface area contributed by atoms with Gasteiger partial charge in [-0.3, -0.25) is 0 Å². The minimum absolute atomic E-state index is 0.424. The summed E-state index contributed by atoms with van der Waals surface area (Å²) in [6, 6.07) is 0.650. The Hall–Kier alpha value is -0.120. The Kier molecular flexibility index (Phi) is 5.49. The Balaban J connectivity index is 1.94. The summed E-state index contributed by atoms with van der Waals surface area (Å²) in [6.45, 7) is 10.8. The normalized spacial score (nSPS) is 38.9. The van der Waals surface area contributed by atoms with E-state index >= 15 is 0 Å². The second-order valence-electron chi connectivity index (χ2n) is 7.71. The predicted molar refractivity (Wildman–Crippen MR) is 85.0 cm³/mol. The minimum atomic E-state index is 0.424. The summed E-state index contributed by atoms with van der Waals surface area (Å²) in [5.74, 6) is 1.49. The minimum Gasteiger partial charge on any atom is -0.380 e. The highest BCUT2D eigenvalue weighted by molar-refractivity contribution is 4.94. The lowest BCUT2D eigenvalue weighted by molar-refractivity contribution is -0.0178. The molecule has 4 atom stereocenters. The first-order valence-corrected chi connectivity index (χ1v) is 8.40. The Morgan fingerprint density at radius 2 is 2.05 bits per heavy atom. The molecule has 118 valence electrons. The molecule has 0 aromatic rings. The number of nitrogens with one attached hydrogen (secondary N) is 1. The molecule has 0 radical (unpaired) electrons. The molecule has 0 spiro atoms. The van der Waals surface area contributed by atoms with Gasteiger partial charge >= 0.3 is 0 Å². The van der Waals surface area contributed by atoms with Crippen LogP contribution in [-0.4, -0.2) is 50.8 Å². The summed E-state index contributed by atoms with van der Waals surface area (Å²) in [7, 11) is 4.01. The molecule has 1 saturated heterocycles. The lowest BCUT2D eigenvalue weighted by Gasteiger charge is -2.47. The largest absolute Gasteiger partial charge is 0.380 e. The molecule has 0 aromatic carbocycles. The van der Waals surface area contributed by atoms with Gasteiger partial charge in [0.15, 0.2) is 0 Å². The maximum absolute atomic E-state index is 5.66. The molecule has 0 bridgehead atoms. The highest BCUT2D eigenvalue weighted by Crippen LogP contribution is 2.39. The van der Waals surface area contributed by atoms with E-state index in [1.54, 1.807) is 0 Å². The average Bonchev–Trinajstić information content (AvgIpc) is 2.40. The Morgan fingerprint density at radius 3 is 2.70 bits per heavy atom. The SMILES string of the molecule is CNC1C(CN2CCC(C)C(OC)C2)CCCC1(C)C. The van der Waals surface area contributed by atoms with E-state index < -0.39 is 0 Å². The van der Waals surface area contributed by atoms with E-state index in [2.05, 4.69) is 38.0 Å². The van der Waals surface area contributed by atoms with Gasteiger partial charge in [0, 0.05) is 26.2 Å². The molecule has 0 amide bonds. The standard InChI is InChI=1S/C17H34N2O/c1-13-8-10-19(12-15(13)20-5)11-14-7-6-9-17(2,3)16(14)18-4/h13-16,18H,6-12H2,1-5H3. The highest BCUT2D eigenvalue weighted by atomic mass is 16.5. The number of hydrogen-bond donors (Lipinski definition) is 1. The Bertz CT molecular complexity index is 305. The zero-order valence-corrected chi connectivity index (χ0v) is 14.1. The molecule has 1 aliphatic carbocycles. The molecule has 1 aliphatic heterocycles. The summed E-state index contributed by atoms with van der Waals surface area (Å²) in [4.78, 5) is 2.64. The number of ether oxygens (including phenoxy) is 1. The van der Waals surface area contributed by atoms with Crippen LogP contribution >= 0.6 is 0 Å². The molecule has 1 heterocycles. The van der Waals surface area contributed by atoms with Crippen LogP contribution in [-0.2, 0) is 4.74 Å². The number of piperidine rings is 1. The van der Waals surface area contributed by atoms with Gasteiger partial charge in [0.25, 0.3) is 0 Å². The first-order chi connectivity index (χ1) is 9.47. The quantitative estimate of drug-likeness (QED) is 0.858. The predicted octanol–water partition coefficient (Wildman–Crippen LogP) is 2.76. The van der Waals surface area contributed by atoms with Gasteiger partial charge in [0.05, 0.1) is 6.10 Å². The van der Waals surface area contributed by atoms with Crippen molar-refractivity contribution in [3.8, 4) is 0 Å². The molecule has 4 unspecified atom stereocenters. The molecule has 0 aromatic heterocycles. The number of nitrogens with zero attached hydrogens (tertiary/aromatic N) is 1. The van der Waals surface area contributed by atoms with Crippen molar-refractivity contribution in [2.24, 2.45) is 17.3 Å². The molecular formula is C17H34N2O. The average molecular weight is 282 g/mol. The fourth-order valence-electron chi connectivity index (χ4n) is 4.51. The maximum atomic E-state index is 5.66. The fourth-order valence-corrected chi connectivity index (χ4v) is 4.51. The number of likely N-dealkylation sites (tertiary alicyclic amines) is 1. The van der Waals surface area contributed by atoms with Gasteiger partial charge < -0.3 is 15.0 Å².